The lowest BCUT2D eigenvalue weighted by atomic mass is 10.2. The smallest absolute Gasteiger partial charge is 0.330 e. The van der Waals surface area contributed by atoms with Gasteiger partial charge in [-0.05, 0) is 48.5 Å². The molecule has 0 aliphatic carbocycles. The molecule has 3 aromatic rings. The Morgan fingerprint density at radius 2 is 1.52 bits per heavy atom. The molecule has 7 heteroatoms. The quantitative estimate of drug-likeness (QED) is 0.512. The second-order valence-electron chi connectivity index (χ2n) is 5.60. The van der Waals surface area contributed by atoms with E-state index in [0.717, 1.165) is 0 Å². The van der Waals surface area contributed by atoms with Crippen LogP contribution in [0.4, 0.5) is 27.5 Å². The van der Waals surface area contributed by atoms with Crippen LogP contribution in [0.15, 0.2) is 78.9 Å². The van der Waals surface area contributed by atoms with Crippen molar-refractivity contribution in [3.8, 4) is 5.75 Å². The fraction of sp³-hybridized carbons (Fsp3) is 0.0500. The zero-order valence-corrected chi connectivity index (χ0v) is 14.5. The molecule has 0 aliphatic rings. The molecule has 0 atom stereocenters. The van der Waals surface area contributed by atoms with Crippen LogP contribution in [0.1, 0.15) is 0 Å². The Balaban J connectivity index is 1.89. The third kappa shape index (κ3) is 4.21. The van der Waals surface area contributed by atoms with E-state index < -0.39 is 4.92 Å². The van der Waals surface area contributed by atoms with E-state index in [1.165, 1.54) is 29.2 Å². The van der Waals surface area contributed by atoms with Gasteiger partial charge in [-0.3, -0.25) is 15.0 Å². The molecular weight excluding hydrogens is 346 g/mol. The van der Waals surface area contributed by atoms with Crippen LogP contribution in [-0.2, 0) is 0 Å². The Morgan fingerprint density at radius 1 is 0.926 bits per heavy atom. The minimum Gasteiger partial charge on any atom is -0.497 e. The lowest BCUT2D eigenvalue weighted by molar-refractivity contribution is -0.384. The number of amides is 2. The molecule has 1 N–H and O–H groups in total. The van der Waals surface area contributed by atoms with Crippen LogP contribution in [0, 0.1) is 10.1 Å². The number of carbonyl (C=O) groups is 1. The Hall–Kier alpha value is -3.87. The number of urea groups is 1. The van der Waals surface area contributed by atoms with Crippen LogP contribution in [0.3, 0.4) is 0 Å². The maximum Gasteiger partial charge on any atom is 0.330 e. The molecule has 3 rings (SSSR count). The Kier molecular flexibility index (Phi) is 5.32. The SMILES string of the molecule is COc1ccc(N(C(=O)Nc2ccc([N+](=O)[O-])cc2)c2ccccc2)cc1. The van der Waals surface area contributed by atoms with Crippen molar-refractivity contribution >= 4 is 28.8 Å². The van der Waals surface area contributed by atoms with Gasteiger partial charge in [0.2, 0.25) is 0 Å². The molecular formula is C20H17N3O4. The number of anilines is 3. The van der Waals surface area contributed by atoms with Crippen LogP contribution in [0.2, 0.25) is 0 Å². The second-order valence-corrected chi connectivity index (χ2v) is 5.60. The summed E-state index contributed by atoms with van der Waals surface area (Å²) in [6, 6.07) is 21.6. The molecule has 0 spiro atoms. The predicted octanol–water partition coefficient (Wildman–Crippen LogP) is 4.97. The van der Waals surface area contributed by atoms with Gasteiger partial charge in [0.1, 0.15) is 5.75 Å². The van der Waals surface area contributed by atoms with E-state index >= 15 is 0 Å². The lowest BCUT2D eigenvalue weighted by Gasteiger charge is -2.23. The minimum atomic E-state index is -0.487. The molecule has 0 aliphatic heterocycles. The third-order valence-corrected chi connectivity index (χ3v) is 3.88. The van der Waals surface area contributed by atoms with E-state index in [0.29, 0.717) is 22.8 Å². The summed E-state index contributed by atoms with van der Waals surface area (Å²) in [6.07, 6.45) is 0. The van der Waals surface area contributed by atoms with Crippen molar-refractivity contribution in [1.82, 2.24) is 0 Å². The molecule has 3 aromatic carbocycles. The molecule has 0 unspecified atom stereocenters. The summed E-state index contributed by atoms with van der Waals surface area (Å²) < 4.78 is 5.17. The fourth-order valence-corrected chi connectivity index (χ4v) is 2.54. The van der Waals surface area contributed by atoms with Crippen molar-refractivity contribution in [2.75, 3.05) is 17.3 Å². The number of nitro groups is 1. The first-order valence-corrected chi connectivity index (χ1v) is 8.13. The average Bonchev–Trinajstić information content (AvgIpc) is 2.70. The van der Waals surface area contributed by atoms with Crippen LogP contribution < -0.4 is 15.0 Å². The number of ether oxygens (including phenoxy) is 1. The molecule has 0 radical (unpaired) electrons. The topological polar surface area (TPSA) is 84.7 Å². The number of nitrogens with one attached hydrogen (secondary N) is 1. The van der Waals surface area contributed by atoms with Gasteiger partial charge in [-0.2, -0.15) is 0 Å². The predicted molar refractivity (Wildman–Crippen MR) is 104 cm³/mol. The molecule has 0 fully saturated rings. The second kappa shape index (κ2) is 8.01. The monoisotopic (exact) mass is 363 g/mol. The highest BCUT2D eigenvalue weighted by atomic mass is 16.6. The van der Waals surface area contributed by atoms with Gasteiger partial charge in [0.05, 0.1) is 23.4 Å². The van der Waals surface area contributed by atoms with Gasteiger partial charge in [-0.25, -0.2) is 4.79 Å². The van der Waals surface area contributed by atoms with Crippen molar-refractivity contribution in [3.05, 3.63) is 89.0 Å². The van der Waals surface area contributed by atoms with Crippen molar-refractivity contribution in [2.24, 2.45) is 0 Å². The molecule has 0 aromatic heterocycles. The van der Waals surface area contributed by atoms with Crippen LogP contribution in [-0.4, -0.2) is 18.1 Å². The molecule has 0 bridgehead atoms. The van der Waals surface area contributed by atoms with Crippen LogP contribution >= 0.6 is 0 Å². The number of nitro benzene ring substituents is 1. The summed E-state index contributed by atoms with van der Waals surface area (Å²) in [7, 11) is 1.57. The van der Waals surface area contributed by atoms with Gasteiger partial charge in [-0.1, -0.05) is 18.2 Å². The molecule has 136 valence electrons. The Morgan fingerprint density at radius 3 is 2.07 bits per heavy atom. The number of nitrogens with zero attached hydrogens (tertiary/aromatic N) is 2. The van der Waals surface area contributed by atoms with Crippen LogP contribution in [0.25, 0.3) is 0 Å². The summed E-state index contributed by atoms with van der Waals surface area (Å²) in [6.45, 7) is 0. The zero-order chi connectivity index (χ0) is 19.2. The highest BCUT2D eigenvalue weighted by molar-refractivity contribution is 6.07. The number of para-hydroxylation sites is 1. The minimum absolute atomic E-state index is 0.0388. The number of carbonyl (C=O) groups excluding carboxylic acids is 1. The number of non-ortho nitro benzene ring substituents is 1. The highest BCUT2D eigenvalue weighted by Crippen LogP contribution is 2.28. The summed E-state index contributed by atoms with van der Waals surface area (Å²) in [5.41, 5.74) is 1.76. The van der Waals surface area contributed by atoms with Gasteiger partial charge < -0.3 is 10.1 Å². The third-order valence-electron chi connectivity index (χ3n) is 3.88. The van der Waals surface area contributed by atoms with Gasteiger partial charge in [0.15, 0.2) is 0 Å². The van der Waals surface area contributed by atoms with E-state index in [2.05, 4.69) is 5.32 Å². The van der Waals surface area contributed by atoms with E-state index in [1.807, 2.05) is 30.3 Å². The Bertz CT molecular complexity index is 926. The molecule has 27 heavy (non-hydrogen) atoms. The van der Waals surface area contributed by atoms with Crippen molar-refractivity contribution in [3.63, 3.8) is 0 Å². The summed E-state index contributed by atoms with van der Waals surface area (Å²) >= 11 is 0. The van der Waals surface area contributed by atoms with Crippen molar-refractivity contribution in [1.29, 1.82) is 0 Å². The van der Waals surface area contributed by atoms with E-state index in [4.69, 9.17) is 4.74 Å². The molecule has 2 amide bonds. The first kappa shape index (κ1) is 17.9. The maximum absolute atomic E-state index is 12.9. The number of benzene rings is 3. The molecule has 7 nitrogen and oxygen atoms in total. The van der Waals surface area contributed by atoms with E-state index in [1.54, 1.807) is 31.4 Å². The first-order valence-electron chi connectivity index (χ1n) is 8.13. The number of hydrogen-bond acceptors (Lipinski definition) is 4. The summed E-state index contributed by atoms with van der Waals surface area (Å²) in [5, 5.41) is 13.5. The molecule has 0 heterocycles. The van der Waals surface area contributed by atoms with E-state index in [-0.39, 0.29) is 11.7 Å². The average molecular weight is 363 g/mol. The van der Waals surface area contributed by atoms with Gasteiger partial charge >= 0.3 is 6.03 Å². The number of rotatable bonds is 5. The fourth-order valence-electron chi connectivity index (χ4n) is 2.54. The van der Waals surface area contributed by atoms with Crippen LogP contribution in [0.5, 0.6) is 5.75 Å². The first-order chi connectivity index (χ1) is 13.1. The standard InChI is InChI=1S/C20H17N3O4/c1-27-19-13-11-17(12-14-19)22(16-5-3-2-4-6-16)20(24)21-15-7-9-18(10-8-15)23(25)26/h2-14H,1H3,(H,21,24). The zero-order valence-electron chi connectivity index (χ0n) is 14.5. The summed E-state index contributed by atoms with van der Waals surface area (Å²) in [4.78, 5) is 24.7. The normalized spacial score (nSPS) is 10.1. The maximum atomic E-state index is 12.9. The molecule has 0 saturated carbocycles. The largest absolute Gasteiger partial charge is 0.497 e. The number of hydrogen-bond donors (Lipinski definition) is 1. The summed E-state index contributed by atoms with van der Waals surface area (Å²) in [5.74, 6) is 0.683. The highest BCUT2D eigenvalue weighted by Gasteiger charge is 2.18. The molecule has 0 saturated heterocycles. The van der Waals surface area contributed by atoms with Gasteiger partial charge in [-0.15, -0.1) is 0 Å². The van der Waals surface area contributed by atoms with E-state index in [9.17, 15) is 14.9 Å². The van der Waals surface area contributed by atoms with Gasteiger partial charge in [0.25, 0.3) is 5.69 Å². The van der Waals surface area contributed by atoms with Gasteiger partial charge in [0, 0.05) is 17.8 Å². The Labute approximate surface area is 156 Å². The number of methoxy groups -OCH3 is 1. The van der Waals surface area contributed by atoms with Crippen molar-refractivity contribution in [2.45, 2.75) is 0 Å². The lowest BCUT2D eigenvalue weighted by Crippen LogP contribution is -2.30. The van der Waals surface area contributed by atoms with Crippen molar-refractivity contribution < 1.29 is 14.5 Å².